The lowest BCUT2D eigenvalue weighted by molar-refractivity contribution is -1.06. The van der Waals surface area contributed by atoms with Crippen LogP contribution in [0.3, 0.4) is 0 Å². The number of allylic oxidation sites excluding steroid dienone is 1. The number of aliphatic hydroxyl groups is 1. The Bertz CT molecular complexity index is 497. The van der Waals surface area contributed by atoms with E-state index in [0.717, 1.165) is 12.8 Å². The highest BCUT2D eigenvalue weighted by Gasteiger charge is 2.24. The van der Waals surface area contributed by atoms with Gasteiger partial charge in [-0.25, -0.2) is 4.84 Å². The van der Waals surface area contributed by atoms with Gasteiger partial charge < -0.3 is 20.3 Å². The molecule has 1 unspecified atom stereocenters. The fourth-order valence-corrected chi connectivity index (χ4v) is 3.95. The molecule has 7 nitrogen and oxygen atoms in total. The van der Waals surface area contributed by atoms with Gasteiger partial charge in [0.15, 0.2) is 0 Å². The zero-order valence-electron chi connectivity index (χ0n) is 20.5. The van der Waals surface area contributed by atoms with Crippen LogP contribution in [-0.2, 0) is 13.9 Å². The summed E-state index contributed by atoms with van der Waals surface area (Å²) >= 11 is 0. The van der Waals surface area contributed by atoms with Gasteiger partial charge in [-0.2, -0.15) is 4.65 Å². The summed E-state index contributed by atoms with van der Waals surface area (Å²) in [6, 6.07) is -0.742. The second kappa shape index (κ2) is 18.2. The van der Waals surface area contributed by atoms with E-state index in [-0.39, 0.29) is 24.0 Å². The second-order valence-electron chi connectivity index (χ2n) is 9.29. The Morgan fingerprint density at radius 2 is 1.48 bits per heavy atom. The maximum Gasteiger partial charge on any atom is 0.330 e. The van der Waals surface area contributed by atoms with E-state index in [1.165, 1.54) is 64.2 Å². The van der Waals surface area contributed by atoms with Crippen LogP contribution in [0.4, 0.5) is 0 Å². The summed E-state index contributed by atoms with van der Waals surface area (Å²) in [5, 5.41) is 10.1. The molecule has 0 aliphatic rings. The van der Waals surface area contributed by atoms with Gasteiger partial charge in [-0.1, -0.05) is 83.3 Å². The first-order chi connectivity index (χ1) is 14.6. The summed E-state index contributed by atoms with van der Waals surface area (Å²) in [6.45, 7) is 2.18. The highest BCUT2D eigenvalue weighted by Crippen LogP contribution is 2.41. The smallest absolute Gasteiger partial charge is 0.330 e. The molecule has 0 heterocycles. The monoisotopic (exact) mass is 465 g/mol. The normalized spacial score (nSPS) is 16.5. The van der Waals surface area contributed by atoms with Gasteiger partial charge in [0.05, 0.1) is 46.1 Å². The Kier molecular flexibility index (Phi) is 18.0. The van der Waals surface area contributed by atoms with Gasteiger partial charge in [0.25, 0.3) is 0 Å². The van der Waals surface area contributed by atoms with E-state index in [0.29, 0.717) is 0 Å². The minimum Gasteiger partial charge on any atom is -0.387 e. The van der Waals surface area contributed by atoms with Crippen molar-refractivity contribution < 1.29 is 28.6 Å². The fraction of sp³-hybridized carbons (Fsp3) is 0.913. The van der Waals surface area contributed by atoms with E-state index < -0.39 is 19.7 Å². The van der Waals surface area contributed by atoms with Crippen molar-refractivity contribution in [2.24, 2.45) is 5.73 Å². The van der Waals surface area contributed by atoms with Crippen molar-refractivity contribution in [3.8, 4) is 0 Å². The Hall–Kier alpha value is -0.270. The molecule has 0 rings (SSSR count). The van der Waals surface area contributed by atoms with Crippen LogP contribution in [0.15, 0.2) is 12.2 Å². The minimum absolute atomic E-state index is 0.105. The second-order valence-corrected chi connectivity index (χ2v) is 11.3. The molecule has 0 fully saturated rings. The standard InChI is InChI=1S/C23H49N2O5P/c1-5-6-7-8-9-10-11-12-13-14-15-16-17-18-23(26)22(24)21-30-31(27,28)20-19-29-25(2,3)4/h17-18,22-23,26H,5-16,19-21,24H2,1-4H3/p+1/b18-17+/t22-,23+/m1/s1. The lowest BCUT2D eigenvalue weighted by Gasteiger charge is -2.22. The van der Waals surface area contributed by atoms with Crippen LogP contribution in [-0.4, -0.2) is 67.3 Å². The molecule has 4 N–H and O–H groups in total. The molecule has 0 aromatic carbocycles. The maximum atomic E-state index is 12.0. The Balaban J connectivity index is 3.74. The molecule has 31 heavy (non-hydrogen) atoms. The van der Waals surface area contributed by atoms with Crippen LogP contribution in [0.25, 0.3) is 0 Å². The quantitative estimate of drug-likeness (QED) is 0.0742. The average Bonchev–Trinajstić information content (AvgIpc) is 2.68. The maximum absolute atomic E-state index is 12.0. The van der Waals surface area contributed by atoms with Gasteiger partial charge in [0, 0.05) is 0 Å². The Labute approximate surface area is 191 Å². The van der Waals surface area contributed by atoms with Gasteiger partial charge in [-0.3, -0.25) is 4.57 Å². The predicted octanol–water partition coefficient (Wildman–Crippen LogP) is 4.77. The number of hydrogen-bond donors (Lipinski definition) is 3. The van der Waals surface area contributed by atoms with Crippen LogP contribution in [0, 0.1) is 0 Å². The molecule has 8 heteroatoms. The summed E-state index contributed by atoms with van der Waals surface area (Å²) in [5.74, 6) is 0. The van der Waals surface area contributed by atoms with Gasteiger partial charge in [0.2, 0.25) is 0 Å². The summed E-state index contributed by atoms with van der Waals surface area (Å²) in [4.78, 5) is 15.2. The SMILES string of the molecule is CCCCCCCCCCCCC/C=C/[C@H](O)[C@H](N)COP(=O)(O)CCO[N+](C)(C)C. The van der Waals surface area contributed by atoms with E-state index in [9.17, 15) is 14.6 Å². The number of rotatable bonds is 21. The number of hydrogen-bond acceptors (Lipinski definition) is 5. The highest BCUT2D eigenvalue weighted by molar-refractivity contribution is 7.52. The molecular weight excluding hydrogens is 415 g/mol. The van der Waals surface area contributed by atoms with E-state index in [1.54, 1.807) is 6.08 Å². The van der Waals surface area contributed by atoms with Gasteiger partial charge >= 0.3 is 7.60 Å². The summed E-state index contributed by atoms with van der Waals surface area (Å²) in [5.41, 5.74) is 5.88. The Morgan fingerprint density at radius 1 is 0.968 bits per heavy atom. The number of hydroxylamine groups is 3. The summed E-state index contributed by atoms with van der Waals surface area (Å²) in [7, 11) is 1.67. The molecule has 0 aliphatic carbocycles. The van der Waals surface area contributed by atoms with Crippen molar-refractivity contribution in [2.45, 2.75) is 96.1 Å². The fourth-order valence-electron chi connectivity index (χ4n) is 3.10. The van der Waals surface area contributed by atoms with Crippen LogP contribution in [0.2, 0.25) is 0 Å². The molecule has 0 spiro atoms. The first kappa shape index (κ1) is 30.7. The number of nitrogens with two attached hydrogens (primary N) is 1. The summed E-state index contributed by atoms with van der Waals surface area (Å²) < 4.78 is 17.3. The molecule has 0 aromatic heterocycles. The average molecular weight is 466 g/mol. The lowest BCUT2D eigenvalue weighted by atomic mass is 10.0. The van der Waals surface area contributed by atoms with Crippen LogP contribution < -0.4 is 5.73 Å². The number of unbranched alkanes of at least 4 members (excludes halogenated alkanes) is 11. The molecule has 3 atom stereocenters. The molecule has 0 saturated heterocycles. The van der Waals surface area contributed by atoms with Crippen molar-refractivity contribution in [1.82, 2.24) is 0 Å². The van der Waals surface area contributed by atoms with Crippen LogP contribution >= 0.6 is 7.60 Å². The molecule has 0 bridgehead atoms. The van der Waals surface area contributed by atoms with Crippen molar-refractivity contribution in [3.63, 3.8) is 0 Å². The molecule has 0 aliphatic heterocycles. The molecule has 186 valence electrons. The van der Waals surface area contributed by atoms with Crippen molar-refractivity contribution in [2.75, 3.05) is 40.5 Å². The molecule has 0 radical (unpaired) electrons. The van der Waals surface area contributed by atoms with Crippen LogP contribution in [0.5, 0.6) is 0 Å². The van der Waals surface area contributed by atoms with Crippen molar-refractivity contribution >= 4 is 7.60 Å². The molecule has 0 aromatic rings. The third-order valence-electron chi connectivity index (χ3n) is 5.07. The third-order valence-corrected chi connectivity index (χ3v) is 6.37. The number of aliphatic hydroxyl groups excluding tert-OH is 1. The zero-order valence-corrected chi connectivity index (χ0v) is 21.4. The van der Waals surface area contributed by atoms with Gasteiger partial charge in [-0.05, 0) is 12.8 Å². The highest BCUT2D eigenvalue weighted by atomic mass is 31.2. The van der Waals surface area contributed by atoms with E-state index in [2.05, 4.69) is 6.92 Å². The largest absolute Gasteiger partial charge is 0.387 e. The zero-order chi connectivity index (χ0) is 23.6. The number of quaternary nitrogens is 1. The van der Waals surface area contributed by atoms with E-state index in [4.69, 9.17) is 15.1 Å². The topological polar surface area (TPSA) is 102 Å². The molecule has 0 amide bonds. The van der Waals surface area contributed by atoms with E-state index in [1.807, 2.05) is 27.2 Å². The molecule has 0 saturated carbocycles. The predicted molar refractivity (Wildman–Crippen MR) is 129 cm³/mol. The Morgan fingerprint density at radius 3 is 2.00 bits per heavy atom. The minimum atomic E-state index is -3.78. The van der Waals surface area contributed by atoms with Crippen LogP contribution in [0.1, 0.15) is 84.0 Å². The van der Waals surface area contributed by atoms with E-state index >= 15 is 0 Å². The molecular formula is C23H50N2O5P+. The number of nitrogens with zero attached hydrogens (tertiary/aromatic N) is 1. The lowest BCUT2D eigenvalue weighted by Crippen LogP contribution is -2.37. The first-order valence-corrected chi connectivity index (χ1v) is 13.9. The van der Waals surface area contributed by atoms with Crippen molar-refractivity contribution in [1.29, 1.82) is 0 Å². The van der Waals surface area contributed by atoms with Gasteiger partial charge in [0.1, 0.15) is 6.61 Å². The first-order valence-electron chi connectivity index (χ1n) is 12.1. The van der Waals surface area contributed by atoms with Crippen molar-refractivity contribution in [3.05, 3.63) is 12.2 Å². The third kappa shape index (κ3) is 21.3. The van der Waals surface area contributed by atoms with Gasteiger partial charge in [-0.15, -0.1) is 0 Å². The summed E-state index contributed by atoms with van der Waals surface area (Å²) in [6.07, 6.45) is 17.9.